The molecule has 0 saturated heterocycles. The summed E-state index contributed by atoms with van der Waals surface area (Å²) in [7, 11) is 0. The number of thiocarbonyl (C=S) groups is 1. The molecule has 0 aliphatic rings. The molecule has 0 unspecified atom stereocenters. The number of thiol groups is 1. The summed E-state index contributed by atoms with van der Waals surface area (Å²) in [5, 5.41) is 4.68. The fourth-order valence-electron chi connectivity index (χ4n) is 3.14. The van der Waals surface area contributed by atoms with E-state index in [0.29, 0.717) is 4.32 Å². The monoisotopic (exact) mass is 387 g/mol. The summed E-state index contributed by atoms with van der Waals surface area (Å²) in [6, 6.07) is 29.2. The number of hydrogen-bond donors (Lipinski definition) is 1. The second-order valence-corrected chi connectivity index (χ2v) is 6.73. The van der Waals surface area contributed by atoms with E-state index in [1.165, 1.54) is 10.8 Å². The molecule has 0 fully saturated rings. The van der Waals surface area contributed by atoms with Gasteiger partial charge in [-0.15, -0.1) is 12.6 Å². The van der Waals surface area contributed by atoms with Crippen LogP contribution in [-0.4, -0.2) is 42.1 Å². The number of fused-ring (bicyclic) bond motifs is 2. The Morgan fingerprint density at radius 1 is 0.640 bits per heavy atom. The maximum atomic E-state index is 5.50. The van der Waals surface area contributed by atoms with Crippen LogP contribution in [0.2, 0.25) is 0 Å². The minimum absolute atomic E-state index is 0. The van der Waals surface area contributed by atoms with Gasteiger partial charge in [0.1, 0.15) is 4.32 Å². The first-order chi connectivity index (χ1) is 11.8. The first-order valence-corrected chi connectivity index (χ1v) is 8.60. The van der Waals surface area contributed by atoms with Gasteiger partial charge in [-0.2, -0.15) is 0 Å². The number of nitrogens with zero attached hydrogens (tertiary/aromatic N) is 1. The predicted octanol–water partition coefficient (Wildman–Crippen LogP) is 5.43. The molecular weight excluding hydrogens is 370 g/mol. The van der Waals surface area contributed by atoms with E-state index in [0.717, 1.165) is 22.1 Å². The van der Waals surface area contributed by atoms with Gasteiger partial charge in [-0.1, -0.05) is 85.0 Å². The van der Waals surface area contributed by atoms with Crippen LogP contribution in [0.1, 0.15) is 0 Å². The summed E-state index contributed by atoms with van der Waals surface area (Å²) >= 11 is 10.0. The topological polar surface area (TPSA) is 3.24 Å². The van der Waals surface area contributed by atoms with Crippen molar-refractivity contribution >= 4 is 99.8 Å². The molecule has 0 aromatic heterocycles. The van der Waals surface area contributed by atoms with Crippen LogP contribution in [0.4, 0.5) is 11.4 Å². The third-order valence-electron chi connectivity index (χ3n) is 4.21. The SMILES string of the molecule is S=C(S)N(c1cccc2ccccc12)c1cccc2ccccc12.[CaH2]. The van der Waals surface area contributed by atoms with E-state index in [-0.39, 0.29) is 37.7 Å². The second kappa shape index (κ2) is 8.07. The normalized spacial score (nSPS) is 10.4. The van der Waals surface area contributed by atoms with Gasteiger partial charge < -0.3 is 0 Å². The van der Waals surface area contributed by atoms with Crippen molar-refractivity contribution in [2.45, 2.75) is 0 Å². The second-order valence-electron chi connectivity index (χ2n) is 5.61. The molecule has 0 heterocycles. The Labute approximate surface area is 188 Å². The summed E-state index contributed by atoms with van der Waals surface area (Å²) in [5.41, 5.74) is 2.09. The van der Waals surface area contributed by atoms with Gasteiger partial charge in [0, 0.05) is 10.8 Å². The van der Waals surface area contributed by atoms with Crippen molar-refractivity contribution < 1.29 is 0 Å². The Morgan fingerprint density at radius 2 is 1.04 bits per heavy atom. The zero-order valence-corrected chi connectivity index (χ0v) is 14.6. The third kappa shape index (κ3) is 3.57. The van der Waals surface area contributed by atoms with Crippen molar-refractivity contribution in [1.82, 2.24) is 0 Å². The zero-order chi connectivity index (χ0) is 16.5. The summed E-state index contributed by atoms with van der Waals surface area (Å²) in [4.78, 5) is 2.04. The van der Waals surface area contributed by atoms with Gasteiger partial charge in [-0.05, 0) is 22.9 Å². The third-order valence-corrected chi connectivity index (χ3v) is 4.59. The molecule has 0 amide bonds. The van der Waals surface area contributed by atoms with Crippen molar-refractivity contribution in [3.8, 4) is 0 Å². The van der Waals surface area contributed by atoms with Crippen molar-refractivity contribution in [3.05, 3.63) is 84.9 Å². The van der Waals surface area contributed by atoms with E-state index in [1.54, 1.807) is 0 Å². The molecule has 0 bridgehead atoms. The Balaban J connectivity index is 0.00000182. The van der Waals surface area contributed by atoms with Gasteiger partial charge in [0.25, 0.3) is 0 Å². The number of hydrogen-bond acceptors (Lipinski definition) is 1. The molecule has 0 radical (unpaired) electrons. The summed E-state index contributed by atoms with van der Waals surface area (Å²) < 4.78 is 0.530. The van der Waals surface area contributed by atoms with Crippen molar-refractivity contribution in [1.29, 1.82) is 0 Å². The quantitative estimate of drug-likeness (QED) is 0.277. The van der Waals surface area contributed by atoms with Crippen molar-refractivity contribution in [3.63, 3.8) is 0 Å². The van der Waals surface area contributed by atoms with Gasteiger partial charge >= 0.3 is 37.7 Å². The van der Waals surface area contributed by atoms with Crippen LogP contribution in [0.3, 0.4) is 0 Å². The van der Waals surface area contributed by atoms with Crippen LogP contribution in [-0.2, 0) is 0 Å². The molecule has 4 heteroatoms. The molecule has 0 aliphatic heterocycles. The molecule has 0 N–H and O–H groups in total. The Kier molecular flexibility index (Phi) is 6.03. The molecule has 1 nitrogen and oxygen atoms in total. The van der Waals surface area contributed by atoms with E-state index in [4.69, 9.17) is 12.2 Å². The molecule has 4 rings (SSSR count). The molecule has 4 aromatic carbocycles. The van der Waals surface area contributed by atoms with Crippen LogP contribution in [0.25, 0.3) is 21.5 Å². The van der Waals surface area contributed by atoms with Crippen molar-refractivity contribution in [2.75, 3.05) is 4.90 Å². The van der Waals surface area contributed by atoms with Gasteiger partial charge in [-0.25, -0.2) is 0 Å². The minimum atomic E-state index is 0. The molecule has 4 aromatic rings. The molecular formula is C21H17CaNS2. The predicted molar refractivity (Wildman–Crippen MR) is 120 cm³/mol. The van der Waals surface area contributed by atoms with E-state index in [9.17, 15) is 0 Å². The van der Waals surface area contributed by atoms with Crippen molar-refractivity contribution in [2.24, 2.45) is 0 Å². The van der Waals surface area contributed by atoms with Crippen LogP contribution >= 0.6 is 24.8 Å². The molecule has 120 valence electrons. The van der Waals surface area contributed by atoms with E-state index < -0.39 is 0 Å². The number of anilines is 2. The first kappa shape index (κ1) is 18.7. The fourth-order valence-corrected chi connectivity index (χ4v) is 3.55. The van der Waals surface area contributed by atoms with Crippen LogP contribution in [0.15, 0.2) is 84.9 Å². The van der Waals surface area contributed by atoms with Gasteiger partial charge in [0.05, 0.1) is 11.4 Å². The molecule has 0 aliphatic carbocycles. The summed E-state index contributed by atoms with van der Waals surface area (Å²) in [5.74, 6) is 0. The van der Waals surface area contributed by atoms with Crippen LogP contribution in [0, 0.1) is 0 Å². The molecule has 0 saturated carbocycles. The van der Waals surface area contributed by atoms with E-state index in [1.807, 2.05) is 17.0 Å². The van der Waals surface area contributed by atoms with Gasteiger partial charge in [-0.3, -0.25) is 4.90 Å². The zero-order valence-electron chi connectivity index (χ0n) is 12.9. The standard InChI is InChI=1S/C21H15NS2.Ca.2H/c23-21(24)22(19-13-5-9-15-7-1-3-11-17(15)19)20-14-6-10-16-8-2-4-12-18(16)20;;;/h1-14H,(H,23,24);;;. The van der Waals surface area contributed by atoms with Crippen LogP contribution in [0.5, 0.6) is 0 Å². The maximum absolute atomic E-state index is 5.50. The van der Waals surface area contributed by atoms with Crippen LogP contribution < -0.4 is 4.90 Å². The summed E-state index contributed by atoms with van der Waals surface area (Å²) in [6.45, 7) is 0. The average molecular weight is 388 g/mol. The Morgan fingerprint density at radius 3 is 1.48 bits per heavy atom. The molecule has 0 atom stereocenters. The Hall–Kier alpha value is -1.10. The van der Waals surface area contributed by atoms with Gasteiger partial charge in [0.2, 0.25) is 0 Å². The van der Waals surface area contributed by atoms with E-state index >= 15 is 0 Å². The number of rotatable bonds is 2. The molecule has 0 spiro atoms. The Bertz CT molecular complexity index is 972. The summed E-state index contributed by atoms with van der Waals surface area (Å²) in [6.07, 6.45) is 0. The average Bonchev–Trinajstić information content (AvgIpc) is 2.62. The van der Waals surface area contributed by atoms with Gasteiger partial charge in [0.15, 0.2) is 0 Å². The molecule has 25 heavy (non-hydrogen) atoms. The van der Waals surface area contributed by atoms with E-state index in [2.05, 4.69) is 85.4 Å². The number of benzene rings is 4. The fraction of sp³-hybridized carbons (Fsp3) is 0. The first-order valence-electron chi connectivity index (χ1n) is 7.74.